The molecule has 0 amide bonds. The van der Waals surface area contributed by atoms with Crippen LogP contribution in [0.5, 0.6) is 5.75 Å². The van der Waals surface area contributed by atoms with Gasteiger partial charge in [0, 0.05) is 5.02 Å². The second-order valence-corrected chi connectivity index (χ2v) is 5.34. The molecule has 0 aliphatic rings. The minimum atomic E-state index is -0.503. The van der Waals surface area contributed by atoms with E-state index in [1.165, 1.54) is 6.07 Å². The summed E-state index contributed by atoms with van der Waals surface area (Å²) >= 11 is 11.7. The first kappa shape index (κ1) is 16.6. The summed E-state index contributed by atoms with van der Waals surface area (Å²) in [5, 5.41) is 9.77. The minimum Gasteiger partial charge on any atom is -0.480 e. The third-order valence-corrected chi connectivity index (χ3v) is 3.38. The van der Waals surface area contributed by atoms with Gasteiger partial charge in [0.15, 0.2) is 6.61 Å². The summed E-state index contributed by atoms with van der Waals surface area (Å²) in [6.45, 7) is -0.117. The molecule has 0 spiro atoms. The molecule has 0 aliphatic heterocycles. The van der Waals surface area contributed by atoms with Crippen LogP contribution in [0.25, 0.3) is 0 Å². The van der Waals surface area contributed by atoms with Crippen molar-refractivity contribution in [3.63, 3.8) is 0 Å². The zero-order valence-electron chi connectivity index (χ0n) is 11.6. The van der Waals surface area contributed by atoms with Crippen LogP contribution < -0.4 is 4.74 Å². The fourth-order valence-electron chi connectivity index (χ4n) is 1.68. The van der Waals surface area contributed by atoms with Crippen LogP contribution in [0.2, 0.25) is 10.0 Å². The summed E-state index contributed by atoms with van der Waals surface area (Å²) in [5.41, 5.74) is 1.63. The average molecular weight is 341 g/mol. The molecule has 0 unspecified atom stereocenters. The third-order valence-electron chi connectivity index (χ3n) is 2.84. The molecule has 0 aromatic heterocycles. The molecule has 0 heterocycles. The van der Waals surface area contributed by atoms with Crippen molar-refractivity contribution in [2.24, 2.45) is 0 Å². The Hall–Kier alpha value is -1.75. The van der Waals surface area contributed by atoms with Crippen LogP contribution in [-0.2, 0) is 22.7 Å². The van der Waals surface area contributed by atoms with E-state index in [2.05, 4.69) is 0 Å². The number of carbonyl (C=O) groups excluding carboxylic acids is 1. The first-order chi connectivity index (χ1) is 10.6. The Balaban J connectivity index is 1.80. The van der Waals surface area contributed by atoms with Crippen LogP contribution in [0.15, 0.2) is 42.5 Å². The number of carbonyl (C=O) groups is 1. The Morgan fingerprint density at radius 2 is 1.73 bits per heavy atom. The van der Waals surface area contributed by atoms with Crippen molar-refractivity contribution < 1.29 is 19.4 Å². The van der Waals surface area contributed by atoms with Gasteiger partial charge in [0.2, 0.25) is 0 Å². The van der Waals surface area contributed by atoms with Gasteiger partial charge < -0.3 is 14.6 Å². The van der Waals surface area contributed by atoms with Gasteiger partial charge in [0.25, 0.3) is 0 Å². The van der Waals surface area contributed by atoms with Gasteiger partial charge in [-0.1, -0.05) is 47.5 Å². The summed E-state index contributed by atoms with van der Waals surface area (Å²) in [7, 11) is 0. The molecule has 0 atom stereocenters. The van der Waals surface area contributed by atoms with Crippen LogP contribution in [0.3, 0.4) is 0 Å². The van der Waals surface area contributed by atoms with Gasteiger partial charge in [-0.05, 0) is 29.3 Å². The summed E-state index contributed by atoms with van der Waals surface area (Å²) in [6, 6.07) is 11.9. The smallest absolute Gasteiger partial charge is 0.344 e. The van der Waals surface area contributed by atoms with Crippen molar-refractivity contribution >= 4 is 29.2 Å². The minimum absolute atomic E-state index is 0.0181. The van der Waals surface area contributed by atoms with Crippen LogP contribution >= 0.6 is 23.2 Å². The Labute approximate surface area is 138 Å². The number of halogens is 2. The van der Waals surface area contributed by atoms with Gasteiger partial charge >= 0.3 is 5.97 Å². The molecule has 0 aliphatic carbocycles. The molecule has 0 saturated carbocycles. The van der Waals surface area contributed by atoms with E-state index in [0.29, 0.717) is 15.8 Å². The second kappa shape index (κ2) is 8.03. The number of benzene rings is 2. The number of aliphatic hydroxyl groups excluding tert-OH is 1. The summed E-state index contributed by atoms with van der Waals surface area (Å²) in [5.74, 6) is -0.132. The van der Waals surface area contributed by atoms with Crippen molar-refractivity contribution in [1.29, 1.82) is 0 Å². The highest BCUT2D eigenvalue weighted by molar-refractivity contribution is 6.35. The van der Waals surface area contributed by atoms with Gasteiger partial charge in [0.1, 0.15) is 12.4 Å². The zero-order chi connectivity index (χ0) is 15.9. The molecule has 1 N–H and O–H groups in total. The fraction of sp³-hybridized carbons (Fsp3) is 0.188. The molecule has 4 nitrogen and oxygen atoms in total. The van der Waals surface area contributed by atoms with E-state index in [1.807, 2.05) is 0 Å². The zero-order valence-corrected chi connectivity index (χ0v) is 13.1. The molecule has 6 heteroatoms. The number of aliphatic hydroxyl groups is 1. The lowest BCUT2D eigenvalue weighted by atomic mass is 10.1. The van der Waals surface area contributed by atoms with E-state index in [9.17, 15) is 4.79 Å². The van der Waals surface area contributed by atoms with Crippen LogP contribution in [0.4, 0.5) is 0 Å². The maximum atomic E-state index is 11.6. The maximum absolute atomic E-state index is 11.6. The molecule has 2 aromatic carbocycles. The molecule has 22 heavy (non-hydrogen) atoms. The quantitative estimate of drug-likeness (QED) is 0.816. The first-order valence-corrected chi connectivity index (χ1v) is 7.26. The lowest BCUT2D eigenvalue weighted by molar-refractivity contribution is -0.147. The van der Waals surface area contributed by atoms with Crippen molar-refractivity contribution in [3.05, 3.63) is 63.6 Å². The summed E-state index contributed by atoms with van der Waals surface area (Å²) in [6.07, 6.45) is 0. The van der Waals surface area contributed by atoms with Gasteiger partial charge in [-0.2, -0.15) is 0 Å². The number of ether oxygens (including phenoxy) is 2. The lowest BCUT2D eigenvalue weighted by Gasteiger charge is -2.09. The van der Waals surface area contributed by atoms with Crippen molar-refractivity contribution in [3.8, 4) is 5.75 Å². The maximum Gasteiger partial charge on any atom is 0.344 e. The highest BCUT2D eigenvalue weighted by atomic mass is 35.5. The van der Waals surface area contributed by atoms with E-state index in [-0.39, 0.29) is 19.8 Å². The third kappa shape index (κ3) is 4.91. The van der Waals surface area contributed by atoms with Crippen LogP contribution in [-0.4, -0.2) is 17.7 Å². The highest BCUT2D eigenvalue weighted by Crippen LogP contribution is 2.27. The van der Waals surface area contributed by atoms with Gasteiger partial charge in [-0.25, -0.2) is 4.79 Å². The molecule has 0 fully saturated rings. The van der Waals surface area contributed by atoms with Gasteiger partial charge in [-0.15, -0.1) is 0 Å². The monoisotopic (exact) mass is 340 g/mol. The number of hydrogen-bond acceptors (Lipinski definition) is 4. The lowest BCUT2D eigenvalue weighted by Crippen LogP contribution is -2.14. The number of esters is 1. The van der Waals surface area contributed by atoms with Crippen molar-refractivity contribution in [1.82, 2.24) is 0 Å². The predicted octanol–water partition coefficient (Wildman–Crippen LogP) is 3.61. The van der Waals surface area contributed by atoms with Crippen molar-refractivity contribution in [2.75, 3.05) is 6.61 Å². The Kier molecular flexibility index (Phi) is 6.07. The topological polar surface area (TPSA) is 55.8 Å². The van der Waals surface area contributed by atoms with Crippen LogP contribution in [0.1, 0.15) is 11.1 Å². The largest absolute Gasteiger partial charge is 0.480 e. The van der Waals surface area contributed by atoms with E-state index >= 15 is 0 Å². The molecule has 0 saturated heterocycles. The second-order valence-electron chi connectivity index (χ2n) is 4.50. The van der Waals surface area contributed by atoms with E-state index in [0.717, 1.165) is 11.1 Å². The molecular weight excluding hydrogens is 327 g/mol. The molecule has 2 rings (SSSR count). The Bertz CT molecular complexity index is 641. The van der Waals surface area contributed by atoms with E-state index in [1.54, 1.807) is 36.4 Å². The average Bonchev–Trinajstić information content (AvgIpc) is 2.52. The highest BCUT2D eigenvalue weighted by Gasteiger charge is 2.08. The summed E-state index contributed by atoms with van der Waals surface area (Å²) in [4.78, 5) is 11.6. The molecule has 116 valence electrons. The SMILES string of the molecule is O=C(COc1ccc(Cl)cc1Cl)OCc1ccc(CO)cc1. The van der Waals surface area contributed by atoms with Crippen LogP contribution in [0, 0.1) is 0 Å². The predicted molar refractivity (Wildman–Crippen MR) is 84.1 cm³/mol. The van der Waals surface area contributed by atoms with E-state index < -0.39 is 5.97 Å². The molecule has 0 bridgehead atoms. The number of hydrogen-bond donors (Lipinski definition) is 1. The van der Waals surface area contributed by atoms with E-state index in [4.69, 9.17) is 37.8 Å². The Morgan fingerprint density at radius 1 is 1.05 bits per heavy atom. The fourth-order valence-corrected chi connectivity index (χ4v) is 2.14. The Morgan fingerprint density at radius 3 is 2.36 bits per heavy atom. The molecule has 0 radical (unpaired) electrons. The standard InChI is InChI=1S/C16H14Cl2O4/c17-13-5-6-15(14(18)7-13)21-10-16(20)22-9-12-3-1-11(8-19)2-4-12/h1-7,19H,8-10H2. The number of rotatable bonds is 6. The molecular formula is C16H14Cl2O4. The van der Waals surface area contributed by atoms with Gasteiger partial charge in [-0.3, -0.25) is 0 Å². The first-order valence-electron chi connectivity index (χ1n) is 6.50. The normalized spacial score (nSPS) is 10.3. The molecule has 2 aromatic rings. The van der Waals surface area contributed by atoms with Crippen molar-refractivity contribution in [2.45, 2.75) is 13.2 Å². The van der Waals surface area contributed by atoms with Gasteiger partial charge in [0.05, 0.1) is 11.6 Å². The summed E-state index contributed by atoms with van der Waals surface area (Å²) < 4.78 is 10.4.